The second-order valence-electron chi connectivity index (χ2n) is 4.28. The summed E-state index contributed by atoms with van der Waals surface area (Å²) in [5, 5.41) is 0. The lowest BCUT2D eigenvalue weighted by Crippen LogP contribution is -2.27. The molecule has 0 bridgehead atoms. The van der Waals surface area contributed by atoms with Crippen molar-refractivity contribution in [2.75, 3.05) is 6.54 Å². The van der Waals surface area contributed by atoms with Crippen LogP contribution in [0.4, 0.5) is 0 Å². The molecule has 1 nitrogen and oxygen atoms in total. The lowest BCUT2D eigenvalue weighted by molar-refractivity contribution is 0.247. The summed E-state index contributed by atoms with van der Waals surface area (Å²) in [5.41, 5.74) is 6.23. The third-order valence-electron chi connectivity index (χ3n) is 3.05. The Kier molecular flexibility index (Phi) is 3.38. The Labute approximate surface area is 70.4 Å². The highest BCUT2D eigenvalue weighted by Gasteiger charge is 2.22. The van der Waals surface area contributed by atoms with Crippen LogP contribution in [0.25, 0.3) is 0 Å². The van der Waals surface area contributed by atoms with Crippen LogP contribution in [-0.2, 0) is 0 Å². The Morgan fingerprint density at radius 1 is 1.00 bits per heavy atom. The second-order valence-corrected chi connectivity index (χ2v) is 4.28. The maximum Gasteiger partial charge on any atom is -0.00232 e. The molecule has 1 aliphatic carbocycles. The van der Waals surface area contributed by atoms with E-state index in [1.807, 2.05) is 0 Å². The Hall–Kier alpha value is -0.0400. The zero-order valence-electron chi connectivity index (χ0n) is 7.73. The van der Waals surface area contributed by atoms with Gasteiger partial charge in [0.2, 0.25) is 0 Å². The van der Waals surface area contributed by atoms with Gasteiger partial charge in [-0.1, -0.05) is 39.0 Å². The highest BCUT2D eigenvalue weighted by atomic mass is 14.6. The molecule has 66 valence electrons. The van der Waals surface area contributed by atoms with Crippen LogP contribution in [0.15, 0.2) is 0 Å². The molecule has 0 saturated heterocycles. The summed E-state index contributed by atoms with van der Waals surface area (Å²) >= 11 is 0. The fourth-order valence-electron chi connectivity index (χ4n) is 1.96. The standard InChI is InChI=1S/C10H21N/c1-10(9-11)7-5-3-2-4-6-8-10/h2-9,11H2,1H3. The third-order valence-corrected chi connectivity index (χ3v) is 3.05. The monoisotopic (exact) mass is 155 g/mol. The highest BCUT2D eigenvalue weighted by molar-refractivity contribution is 4.76. The molecule has 0 aromatic carbocycles. The molecule has 1 aliphatic rings. The molecule has 0 atom stereocenters. The molecule has 0 heterocycles. The van der Waals surface area contributed by atoms with Crippen molar-refractivity contribution in [3.8, 4) is 0 Å². The smallest absolute Gasteiger partial charge is 0.00232 e. The Morgan fingerprint density at radius 3 is 1.91 bits per heavy atom. The van der Waals surface area contributed by atoms with E-state index in [9.17, 15) is 0 Å². The minimum atomic E-state index is 0.473. The van der Waals surface area contributed by atoms with E-state index in [0.717, 1.165) is 6.54 Å². The van der Waals surface area contributed by atoms with Gasteiger partial charge in [0.05, 0.1) is 0 Å². The van der Waals surface area contributed by atoms with Gasteiger partial charge in [-0.3, -0.25) is 0 Å². The minimum Gasteiger partial charge on any atom is -0.330 e. The van der Waals surface area contributed by atoms with Gasteiger partial charge in [0.15, 0.2) is 0 Å². The fourth-order valence-corrected chi connectivity index (χ4v) is 1.96. The average molecular weight is 155 g/mol. The summed E-state index contributed by atoms with van der Waals surface area (Å²) in [4.78, 5) is 0. The van der Waals surface area contributed by atoms with Crippen LogP contribution >= 0.6 is 0 Å². The van der Waals surface area contributed by atoms with Crippen molar-refractivity contribution in [2.45, 2.75) is 51.9 Å². The van der Waals surface area contributed by atoms with Gasteiger partial charge in [0, 0.05) is 0 Å². The summed E-state index contributed by atoms with van der Waals surface area (Å²) in [6.07, 6.45) is 9.79. The molecule has 1 rings (SSSR count). The number of hydrogen-bond donors (Lipinski definition) is 1. The number of hydrogen-bond acceptors (Lipinski definition) is 1. The molecule has 0 amide bonds. The van der Waals surface area contributed by atoms with Crippen LogP contribution in [0, 0.1) is 5.41 Å². The van der Waals surface area contributed by atoms with Gasteiger partial charge < -0.3 is 5.73 Å². The van der Waals surface area contributed by atoms with Crippen molar-refractivity contribution in [2.24, 2.45) is 11.1 Å². The van der Waals surface area contributed by atoms with E-state index in [4.69, 9.17) is 5.73 Å². The zero-order chi connectivity index (χ0) is 8.16. The molecule has 0 unspecified atom stereocenters. The Balaban J connectivity index is 2.37. The Bertz CT molecular complexity index is 101. The van der Waals surface area contributed by atoms with Gasteiger partial charge >= 0.3 is 0 Å². The van der Waals surface area contributed by atoms with E-state index in [1.165, 1.54) is 44.9 Å². The van der Waals surface area contributed by atoms with Crippen molar-refractivity contribution >= 4 is 0 Å². The molecule has 1 fully saturated rings. The second kappa shape index (κ2) is 4.10. The van der Waals surface area contributed by atoms with Crippen LogP contribution in [0.1, 0.15) is 51.9 Å². The van der Waals surface area contributed by atoms with Crippen molar-refractivity contribution in [1.82, 2.24) is 0 Å². The molecule has 0 aliphatic heterocycles. The summed E-state index contributed by atoms with van der Waals surface area (Å²) in [6, 6.07) is 0. The molecule has 0 radical (unpaired) electrons. The minimum absolute atomic E-state index is 0.473. The van der Waals surface area contributed by atoms with Gasteiger partial charge in [-0.05, 0) is 24.8 Å². The average Bonchev–Trinajstić information content (AvgIpc) is 1.98. The topological polar surface area (TPSA) is 26.0 Å². The van der Waals surface area contributed by atoms with Crippen LogP contribution in [0.3, 0.4) is 0 Å². The van der Waals surface area contributed by atoms with Crippen LogP contribution in [0.2, 0.25) is 0 Å². The van der Waals surface area contributed by atoms with E-state index in [0.29, 0.717) is 5.41 Å². The molecule has 1 heteroatoms. The number of rotatable bonds is 1. The normalized spacial score (nSPS) is 25.6. The summed E-state index contributed by atoms with van der Waals surface area (Å²) in [7, 11) is 0. The van der Waals surface area contributed by atoms with Gasteiger partial charge in [-0.15, -0.1) is 0 Å². The van der Waals surface area contributed by atoms with Crippen LogP contribution in [0.5, 0.6) is 0 Å². The third kappa shape index (κ3) is 2.82. The van der Waals surface area contributed by atoms with E-state index in [1.54, 1.807) is 0 Å². The van der Waals surface area contributed by atoms with Crippen molar-refractivity contribution in [3.63, 3.8) is 0 Å². The largest absolute Gasteiger partial charge is 0.330 e. The summed E-state index contributed by atoms with van der Waals surface area (Å²) < 4.78 is 0. The quantitative estimate of drug-likeness (QED) is 0.619. The SMILES string of the molecule is CC1(CN)CCCCCCC1. The van der Waals surface area contributed by atoms with Crippen molar-refractivity contribution in [1.29, 1.82) is 0 Å². The lowest BCUT2D eigenvalue weighted by Gasteiger charge is -2.29. The Morgan fingerprint density at radius 2 is 1.45 bits per heavy atom. The van der Waals surface area contributed by atoms with E-state index in [2.05, 4.69) is 6.92 Å². The van der Waals surface area contributed by atoms with Gasteiger partial charge in [-0.25, -0.2) is 0 Å². The molecule has 0 aromatic heterocycles. The molecule has 0 aromatic rings. The first-order valence-corrected chi connectivity index (χ1v) is 4.97. The van der Waals surface area contributed by atoms with E-state index >= 15 is 0 Å². The zero-order valence-corrected chi connectivity index (χ0v) is 7.73. The fraction of sp³-hybridized carbons (Fsp3) is 1.00. The van der Waals surface area contributed by atoms with E-state index in [-0.39, 0.29) is 0 Å². The molecule has 11 heavy (non-hydrogen) atoms. The first-order valence-electron chi connectivity index (χ1n) is 4.97. The first kappa shape index (κ1) is 9.05. The van der Waals surface area contributed by atoms with Gasteiger partial charge in [0.25, 0.3) is 0 Å². The van der Waals surface area contributed by atoms with E-state index < -0.39 is 0 Å². The molecule has 1 saturated carbocycles. The molecular formula is C10H21N. The van der Waals surface area contributed by atoms with Crippen molar-refractivity contribution in [3.05, 3.63) is 0 Å². The van der Waals surface area contributed by atoms with Gasteiger partial charge in [0.1, 0.15) is 0 Å². The predicted octanol–water partition coefficient (Wildman–Crippen LogP) is 2.70. The predicted molar refractivity (Wildman–Crippen MR) is 49.5 cm³/mol. The van der Waals surface area contributed by atoms with Crippen LogP contribution < -0.4 is 5.73 Å². The lowest BCUT2D eigenvalue weighted by atomic mass is 9.78. The van der Waals surface area contributed by atoms with Crippen molar-refractivity contribution < 1.29 is 0 Å². The molecular weight excluding hydrogens is 134 g/mol. The first-order chi connectivity index (χ1) is 5.27. The molecule has 2 N–H and O–H groups in total. The summed E-state index contributed by atoms with van der Waals surface area (Å²) in [5.74, 6) is 0. The highest BCUT2D eigenvalue weighted by Crippen LogP contribution is 2.32. The molecule has 0 spiro atoms. The maximum absolute atomic E-state index is 5.76. The number of nitrogens with two attached hydrogens (primary N) is 1. The van der Waals surface area contributed by atoms with Gasteiger partial charge in [-0.2, -0.15) is 0 Å². The van der Waals surface area contributed by atoms with Crippen LogP contribution in [-0.4, -0.2) is 6.54 Å². The summed E-state index contributed by atoms with van der Waals surface area (Å²) in [6.45, 7) is 3.23. The maximum atomic E-state index is 5.76.